The van der Waals surface area contributed by atoms with Gasteiger partial charge in [0.05, 0.1) is 11.9 Å². The molecule has 1 fully saturated rings. The third kappa shape index (κ3) is 6.65. The predicted octanol–water partition coefficient (Wildman–Crippen LogP) is 3.07. The van der Waals surface area contributed by atoms with Crippen molar-refractivity contribution in [3.05, 3.63) is 30.1 Å². The highest BCUT2D eigenvalue weighted by molar-refractivity contribution is 7.92. The molecule has 1 saturated carbocycles. The van der Waals surface area contributed by atoms with Gasteiger partial charge in [0, 0.05) is 19.5 Å². The molecule has 1 aliphatic carbocycles. The molecule has 0 unspecified atom stereocenters. The largest absolute Gasteiger partial charge is 0.356 e. The first-order valence-electron chi connectivity index (χ1n) is 8.86. The summed E-state index contributed by atoms with van der Waals surface area (Å²) in [6.45, 7) is 0.859. The lowest BCUT2D eigenvalue weighted by Crippen LogP contribution is -2.33. The predicted molar refractivity (Wildman–Crippen MR) is 97.4 cm³/mol. The summed E-state index contributed by atoms with van der Waals surface area (Å²) < 4.78 is 38.4. The average Bonchev–Trinajstić information content (AvgIpc) is 2.56. The molecule has 0 saturated heterocycles. The van der Waals surface area contributed by atoms with Crippen LogP contribution in [0.25, 0.3) is 0 Å². The molecule has 0 aliphatic heterocycles. The number of amides is 1. The van der Waals surface area contributed by atoms with Crippen LogP contribution in [0.1, 0.15) is 44.9 Å². The Morgan fingerprint density at radius 3 is 2.64 bits per heavy atom. The second-order valence-corrected chi connectivity index (χ2v) is 8.63. The van der Waals surface area contributed by atoms with Crippen molar-refractivity contribution in [1.29, 1.82) is 0 Å². The smallest absolute Gasteiger partial charge is 0.232 e. The highest BCUT2D eigenvalue weighted by atomic mass is 32.2. The van der Waals surface area contributed by atoms with E-state index in [1.807, 2.05) is 0 Å². The summed E-state index contributed by atoms with van der Waals surface area (Å²) in [5.74, 6) is 0.0205. The number of nitrogens with one attached hydrogen (secondary N) is 1. The number of halogens is 1. The minimum atomic E-state index is -3.53. The Morgan fingerprint density at radius 2 is 2.00 bits per heavy atom. The quantitative estimate of drug-likeness (QED) is 0.765. The normalized spacial score (nSPS) is 15.8. The Bertz CT molecular complexity index is 673. The molecule has 7 heteroatoms. The molecule has 0 heterocycles. The summed E-state index contributed by atoms with van der Waals surface area (Å²) in [5.41, 5.74) is 0.283. The second kappa shape index (κ2) is 9.17. The molecule has 0 spiro atoms. The molecule has 1 aromatic rings. The van der Waals surface area contributed by atoms with Crippen molar-refractivity contribution in [2.45, 2.75) is 44.9 Å². The zero-order chi connectivity index (χ0) is 18.3. The van der Waals surface area contributed by atoms with E-state index in [9.17, 15) is 17.6 Å². The van der Waals surface area contributed by atoms with Crippen molar-refractivity contribution < 1.29 is 17.6 Å². The molecule has 1 N–H and O–H groups in total. The standard InChI is InChI=1S/C18H27FN2O3S/c1-25(23,24)21(17-10-5-9-16(19)13-17)12-6-11-18(22)20-14-15-7-3-2-4-8-15/h5,9-10,13,15H,2-4,6-8,11-12,14H2,1H3,(H,20,22). The van der Waals surface area contributed by atoms with Gasteiger partial charge in [-0.1, -0.05) is 25.3 Å². The molecule has 5 nitrogen and oxygen atoms in total. The van der Waals surface area contributed by atoms with Crippen molar-refractivity contribution in [2.24, 2.45) is 5.92 Å². The number of hydrogen-bond acceptors (Lipinski definition) is 3. The number of anilines is 1. The summed E-state index contributed by atoms with van der Waals surface area (Å²) in [4.78, 5) is 12.0. The molecule has 0 atom stereocenters. The Labute approximate surface area is 149 Å². The van der Waals surface area contributed by atoms with Crippen molar-refractivity contribution >= 4 is 21.6 Å². The van der Waals surface area contributed by atoms with E-state index in [1.165, 1.54) is 50.3 Å². The molecule has 1 amide bonds. The van der Waals surface area contributed by atoms with Gasteiger partial charge in [0.25, 0.3) is 0 Å². The van der Waals surface area contributed by atoms with Gasteiger partial charge in [0.2, 0.25) is 15.9 Å². The molecular weight excluding hydrogens is 343 g/mol. The minimum Gasteiger partial charge on any atom is -0.356 e. The van der Waals surface area contributed by atoms with Gasteiger partial charge in [0.1, 0.15) is 5.82 Å². The van der Waals surface area contributed by atoms with Gasteiger partial charge in [-0.2, -0.15) is 0 Å². The van der Waals surface area contributed by atoms with E-state index in [0.717, 1.165) is 10.6 Å². The van der Waals surface area contributed by atoms with Crippen LogP contribution in [0.5, 0.6) is 0 Å². The molecule has 2 rings (SSSR count). The van der Waals surface area contributed by atoms with Crippen LogP contribution >= 0.6 is 0 Å². The van der Waals surface area contributed by atoms with Gasteiger partial charge in [-0.25, -0.2) is 12.8 Å². The van der Waals surface area contributed by atoms with Crippen molar-refractivity contribution in [1.82, 2.24) is 5.32 Å². The number of carbonyl (C=O) groups excluding carboxylic acids is 1. The summed E-state index contributed by atoms with van der Waals surface area (Å²) in [7, 11) is -3.53. The van der Waals surface area contributed by atoms with Crippen LogP contribution in [0.3, 0.4) is 0 Å². The fraction of sp³-hybridized carbons (Fsp3) is 0.611. The first-order chi connectivity index (χ1) is 11.9. The maximum absolute atomic E-state index is 13.4. The van der Waals surface area contributed by atoms with E-state index in [1.54, 1.807) is 6.07 Å². The summed E-state index contributed by atoms with van der Waals surface area (Å²) >= 11 is 0. The van der Waals surface area contributed by atoms with E-state index in [-0.39, 0.29) is 24.6 Å². The zero-order valence-electron chi connectivity index (χ0n) is 14.7. The first kappa shape index (κ1) is 19.7. The molecule has 0 bridgehead atoms. The lowest BCUT2D eigenvalue weighted by Gasteiger charge is -2.23. The van der Waals surface area contributed by atoms with Crippen LogP contribution in [0, 0.1) is 11.7 Å². The lowest BCUT2D eigenvalue weighted by molar-refractivity contribution is -0.121. The number of nitrogens with zero attached hydrogens (tertiary/aromatic N) is 1. The van der Waals surface area contributed by atoms with Gasteiger partial charge in [-0.3, -0.25) is 9.10 Å². The topological polar surface area (TPSA) is 66.5 Å². The monoisotopic (exact) mass is 370 g/mol. The van der Waals surface area contributed by atoms with Crippen LogP contribution in [0.2, 0.25) is 0 Å². The number of carbonyl (C=O) groups is 1. The lowest BCUT2D eigenvalue weighted by atomic mass is 9.89. The first-order valence-corrected chi connectivity index (χ1v) is 10.7. The number of sulfonamides is 1. The van der Waals surface area contributed by atoms with Gasteiger partial charge in [0.15, 0.2) is 0 Å². The maximum atomic E-state index is 13.4. The molecule has 1 aromatic carbocycles. The Kier molecular flexibility index (Phi) is 7.23. The molecule has 0 aromatic heterocycles. The van der Waals surface area contributed by atoms with Gasteiger partial charge in [-0.15, -0.1) is 0 Å². The van der Waals surface area contributed by atoms with Gasteiger partial charge in [-0.05, 0) is 43.4 Å². The molecule has 140 valence electrons. The summed E-state index contributed by atoms with van der Waals surface area (Å²) in [6.07, 6.45) is 7.82. The van der Waals surface area contributed by atoms with Gasteiger partial charge >= 0.3 is 0 Å². The molecular formula is C18H27FN2O3S. The van der Waals surface area contributed by atoms with Crippen LogP contribution < -0.4 is 9.62 Å². The van der Waals surface area contributed by atoms with Crippen LogP contribution in [-0.2, 0) is 14.8 Å². The highest BCUT2D eigenvalue weighted by Crippen LogP contribution is 2.23. The number of benzene rings is 1. The average molecular weight is 370 g/mol. The van der Waals surface area contributed by atoms with Crippen LogP contribution in [0.4, 0.5) is 10.1 Å². The molecule has 1 aliphatic rings. The Morgan fingerprint density at radius 1 is 1.28 bits per heavy atom. The van der Waals surface area contributed by atoms with E-state index in [4.69, 9.17) is 0 Å². The van der Waals surface area contributed by atoms with E-state index in [0.29, 0.717) is 18.9 Å². The number of hydrogen-bond donors (Lipinski definition) is 1. The second-order valence-electron chi connectivity index (χ2n) is 6.73. The van der Waals surface area contributed by atoms with Gasteiger partial charge < -0.3 is 5.32 Å². The van der Waals surface area contributed by atoms with Crippen molar-refractivity contribution in [3.63, 3.8) is 0 Å². The SMILES string of the molecule is CS(=O)(=O)N(CCCC(=O)NCC1CCCCC1)c1cccc(F)c1. The third-order valence-electron chi connectivity index (χ3n) is 4.57. The maximum Gasteiger partial charge on any atom is 0.232 e. The van der Waals surface area contributed by atoms with Crippen LogP contribution in [-0.4, -0.2) is 33.7 Å². The summed E-state index contributed by atoms with van der Waals surface area (Å²) in [5, 5.41) is 2.95. The van der Waals surface area contributed by atoms with E-state index in [2.05, 4.69) is 5.32 Å². The summed E-state index contributed by atoms with van der Waals surface area (Å²) in [6, 6.07) is 5.47. The Balaban J connectivity index is 1.81. The highest BCUT2D eigenvalue weighted by Gasteiger charge is 2.18. The molecule has 25 heavy (non-hydrogen) atoms. The third-order valence-corrected chi connectivity index (χ3v) is 5.77. The van der Waals surface area contributed by atoms with Crippen molar-refractivity contribution in [3.8, 4) is 0 Å². The van der Waals surface area contributed by atoms with Crippen LogP contribution in [0.15, 0.2) is 24.3 Å². The minimum absolute atomic E-state index is 0.0572. The van der Waals surface area contributed by atoms with E-state index < -0.39 is 15.8 Å². The number of rotatable bonds is 8. The fourth-order valence-corrected chi connectivity index (χ4v) is 4.20. The van der Waals surface area contributed by atoms with Crippen molar-refractivity contribution in [2.75, 3.05) is 23.7 Å². The Hall–Kier alpha value is -1.63. The van der Waals surface area contributed by atoms with E-state index >= 15 is 0 Å². The fourth-order valence-electron chi connectivity index (χ4n) is 3.24. The zero-order valence-corrected chi connectivity index (χ0v) is 15.5. The molecule has 0 radical (unpaired) electrons.